The summed E-state index contributed by atoms with van der Waals surface area (Å²) in [5.74, 6) is -0.471. The molecule has 0 aliphatic carbocycles. The van der Waals surface area contributed by atoms with Crippen molar-refractivity contribution in [3.8, 4) is 0 Å². The highest BCUT2D eigenvalue weighted by Gasteiger charge is 2.34. The van der Waals surface area contributed by atoms with Crippen molar-refractivity contribution in [1.82, 2.24) is 30.6 Å². The van der Waals surface area contributed by atoms with Gasteiger partial charge in [-0.05, 0) is 32.4 Å². The third kappa shape index (κ3) is 4.21. The highest BCUT2D eigenvalue weighted by atomic mass is 32.1. The predicted octanol–water partition coefficient (Wildman–Crippen LogP) is 2.56. The highest BCUT2D eigenvalue weighted by Crippen LogP contribution is 2.32. The van der Waals surface area contributed by atoms with Crippen LogP contribution in [0.5, 0.6) is 0 Å². The first-order chi connectivity index (χ1) is 12.4. The van der Waals surface area contributed by atoms with Crippen molar-refractivity contribution < 1.29 is 18.0 Å². The summed E-state index contributed by atoms with van der Waals surface area (Å²) in [6.07, 6.45) is -0.683. The van der Waals surface area contributed by atoms with E-state index in [-0.39, 0.29) is 16.7 Å². The van der Waals surface area contributed by atoms with Crippen LogP contribution < -0.4 is 10.6 Å². The molecule has 1 unspecified atom stereocenters. The van der Waals surface area contributed by atoms with E-state index in [0.29, 0.717) is 6.42 Å². The molecule has 1 amide bonds. The van der Waals surface area contributed by atoms with Crippen LogP contribution in [0.4, 0.5) is 13.2 Å². The molecule has 1 aliphatic heterocycles. The smallest absolute Gasteiger partial charge is 0.341 e. The molecule has 0 aromatic carbocycles. The molecule has 1 saturated heterocycles. The Bertz CT molecular complexity index is 753. The summed E-state index contributed by atoms with van der Waals surface area (Å²) in [7, 11) is 0. The Morgan fingerprint density at radius 2 is 2.19 bits per heavy atom. The van der Waals surface area contributed by atoms with Crippen molar-refractivity contribution in [2.24, 2.45) is 0 Å². The van der Waals surface area contributed by atoms with Gasteiger partial charge in [0.05, 0.1) is 18.3 Å². The van der Waals surface area contributed by atoms with Crippen LogP contribution in [0.3, 0.4) is 0 Å². The van der Waals surface area contributed by atoms with Crippen molar-refractivity contribution in [2.75, 3.05) is 13.1 Å². The maximum Gasteiger partial charge on any atom is 0.434 e. The molecule has 142 valence electrons. The minimum absolute atomic E-state index is 0.148. The molecule has 0 radical (unpaired) electrons. The van der Waals surface area contributed by atoms with E-state index >= 15 is 0 Å². The van der Waals surface area contributed by atoms with Crippen molar-refractivity contribution in [1.29, 1.82) is 0 Å². The minimum Gasteiger partial charge on any atom is -0.341 e. The molecule has 1 aliphatic rings. The number of carbonyl (C=O) groups excluding carboxylic acids is 1. The first-order valence-electron chi connectivity index (χ1n) is 8.34. The van der Waals surface area contributed by atoms with Gasteiger partial charge in [0, 0.05) is 5.38 Å². The molecular weight excluding hydrogens is 369 g/mol. The Kier molecular flexibility index (Phi) is 5.56. The quantitative estimate of drug-likeness (QED) is 0.822. The first kappa shape index (κ1) is 18.8. The van der Waals surface area contributed by atoms with E-state index in [1.807, 2.05) is 0 Å². The Morgan fingerprint density at radius 3 is 2.81 bits per heavy atom. The normalized spacial score (nSPS) is 17.2. The summed E-state index contributed by atoms with van der Waals surface area (Å²) in [5, 5.41) is 15.0. The molecule has 0 spiro atoms. The molecule has 2 aromatic heterocycles. The van der Waals surface area contributed by atoms with Crippen LogP contribution in [0.25, 0.3) is 0 Å². The van der Waals surface area contributed by atoms with Gasteiger partial charge < -0.3 is 10.6 Å². The SMILES string of the molecule is CCC(NC(=O)c1cn(C2CCNCC2)nn1)c1nc(C(F)(F)F)cs1. The summed E-state index contributed by atoms with van der Waals surface area (Å²) >= 11 is 0.880. The summed E-state index contributed by atoms with van der Waals surface area (Å²) in [6, 6.07) is -0.409. The Hall–Kier alpha value is -2.01. The second-order valence-corrected chi connectivity index (χ2v) is 6.96. The fourth-order valence-electron chi connectivity index (χ4n) is 2.78. The molecule has 3 heterocycles. The number of hydrogen-bond acceptors (Lipinski definition) is 6. The zero-order valence-electron chi connectivity index (χ0n) is 14.1. The van der Waals surface area contributed by atoms with Gasteiger partial charge in [-0.2, -0.15) is 13.2 Å². The van der Waals surface area contributed by atoms with Gasteiger partial charge in [0.15, 0.2) is 11.4 Å². The zero-order valence-corrected chi connectivity index (χ0v) is 14.9. The van der Waals surface area contributed by atoms with Gasteiger partial charge in [-0.15, -0.1) is 16.4 Å². The number of nitrogens with one attached hydrogen (secondary N) is 2. The maximum atomic E-state index is 12.7. The van der Waals surface area contributed by atoms with Crippen LogP contribution in [-0.4, -0.2) is 39.0 Å². The predicted molar refractivity (Wildman–Crippen MR) is 88.8 cm³/mol. The molecular formula is C15H19F3N6OS. The monoisotopic (exact) mass is 388 g/mol. The lowest BCUT2D eigenvalue weighted by Crippen LogP contribution is -2.30. The van der Waals surface area contributed by atoms with Gasteiger partial charge in [-0.1, -0.05) is 12.1 Å². The van der Waals surface area contributed by atoms with Crippen LogP contribution in [0.15, 0.2) is 11.6 Å². The minimum atomic E-state index is -4.49. The van der Waals surface area contributed by atoms with Gasteiger partial charge in [-0.3, -0.25) is 4.79 Å². The van der Waals surface area contributed by atoms with E-state index < -0.39 is 23.8 Å². The lowest BCUT2D eigenvalue weighted by atomic mass is 10.1. The Labute approximate surface area is 152 Å². The van der Waals surface area contributed by atoms with Gasteiger partial charge in [-0.25, -0.2) is 9.67 Å². The molecule has 0 bridgehead atoms. The van der Waals surface area contributed by atoms with E-state index in [1.165, 1.54) is 0 Å². The number of carbonyl (C=O) groups is 1. The number of hydrogen-bond donors (Lipinski definition) is 2. The number of rotatable bonds is 5. The second-order valence-electron chi connectivity index (χ2n) is 6.07. The first-order valence-corrected chi connectivity index (χ1v) is 9.22. The van der Waals surface area contributed by atoms with E-state index in [1.54, 1.807) is 17.8 Å². The lowest BCUT2D eigenvalue weighted by molar-refractivity contribution is -0.140. The fraction of sp³-hybridized carbons (Fsp3) is 0.600. The third-order valence-corrected chi connectivity index (χ3v) is 5.21. The van der Waals surface area contributed by atoms with Crippen LogP contribution >= 0.6 is 11.3 Å². The molecule has 11 heteroatoms. The van der Waals surface area contributed by atoms with Crippen LogP contribution in [0.1, 0.15) is 59.5 Å². The fourth-order valence-corrected chi connectivity index (χ4v) is 3.74. The van der Waals surface area contributed by atoms with Crippen molar-refractivity contribution in [2.45, 2.75) is 44.4 Å². The van der Waals surface area contributed by atoms with Crippen LogP contribution in [-0.2, 0) is 6.18 Å². The number of thiazole rings is 1. The van der Waals surface area contributed by atoms with Gasteiger partial charge in [0.2, 0.25) is 0 Å². The van der Waals surface area contributed by atoms with Gasteiger partial charge >= 0.3 is 6.18 Å². The Morgan fingerprint density at radius 1 is 1.46 bits per heavy atom. The number of aromatic nitrogens is 4. The Balaban J connectivity index is 1.67. The number of alkyl halides is 3. The second kappa shape index (κ2) is 7.70. The molecule has 7 nitrogen and oxygen atoms in total. The van der Waals surface area contributed by atoms with E-state index in [2.05, 4.69) is 25.9 Å². The zero-order chi connectivity index (χ0) is 18.7. The molecule has 2 N–H and O–H groups in total. The largest absolute Gasteiger partial charge is 0.434 e. The van der Waals surface area contributed by atoms with Crippen molar-refractivity contribution in [3.05, 3.63) is 28.0 Å². The number of halogens is 3. The molecule has 3 rings (SSSR count). The van der Waals surface area contributed by atoms with Crippen LogP contribution in [0.2, 0.25) is 0 Å². The lowest BCUT2D eigenvalue weighted by Gasteiger charge is -2.22. The summed E-state index contributed by atoms with van der Waals surface area (Å²) < 4.78 is 39.8. The van der Waals surface area contributed by atoms with Crippen molar-refractivity contribution in [3.63, 3.8) is 0 Å². The number of amides is 1. The third-order valence-electron chi connectivity index (χ3n) is 4.25. The molecule has 1 fully saturated rings. The standard InChI is InChI=1S/C15H19F3N6OS/c1-2-10(14-21-12(8-26-14)15(16,17)18)20-13(25)11-7-24(23-22-11)9-3-5-19-6-4-9/h7-10,19H,2-6H2,1H3,(H,20,25). The van der Waals surface area contributed by atoms with Gasteiger partial charge in [0.1, 0.15) is 5.01 Å². The maximum absolute atomic E-state index is 12.7. The van der Waals surface area contributed by atoms with E-state index in [9.17, 15) is 18.0 Å². The molecule has 1 atom stereocenters. The van der Waals surface area contributed by atoms with Crippen LogP contribution in [0, 0.1) is 0 Å². The average Bonchev–Trinajstić information content (AvgIpc) is 3.29. The molecule has 26 heavy (non-hydrogen) atoms. The molecule has 2 aromatic rings. The summed E-state index contributed by atoms with van der Waals surface area (Å²) in [4.78, 5) is 16.0. The topological polar surface area (TPSA) is 84.7 Å². The van der Waals surface area contributed by atoms with Crippen molar-refractivity contribution >= 4 is 17.2 Å². The van der Waals surface area contributed by atoms with E-state index in [4.69, 9.17) is 0 Å². The number of piperidine rings is 1. The summed E-state index contributed by atoms with van der Waals surface area (Å²) in [5.41, 5.74) is -0.795. The number of nitrogens with zero attached hydrogens (tertiary/aromatic N) is 4. The molecule has 0 saturated carbocycles. The average molecular weight is 388 g/mol. The van der Waals surface area contributed by atoms with E-state index in [0.717, 1.165) is 42.6 Å². The summed E-state index contributed by atoms with van der Waals surface area (Å²) in [6.45, 7) is 3.54. The highest BCUT2D eigenvalue weighted by molar-refractivity contribution is 7.09. The van der Waals surface area contributed by atoms with Gasteiger partial charge in [0.25, 0.3) is 5.91 Å².